The normalized spacial score (nSPS) is 16.8. The number of hydrogen-bond acceptors (Lipinski definition) is 3. The molecule has 2 heterocycles. The molecule has 120 valence electrons. The molecule has 0 N–H and O–H groups in total. The third kappa shape index (κ3) is 2.59. The summed E-state index contributed by atoms with van der Waals surface area (Å²) in [6.07, 6.45) is -0.545. The number of pyridine rings is 1. The van der Waals surface area contributed by atoms with Crippen LogP contribution < -0.4 is 9.64 Å². The second-order valence-corrected chi connectivity index (χ2v) is 6.23. The van der Waals surface area contributed by atoms with Crippen molar-refractivity contribution in [2.24, 2.45) is 0 Å². The van der Waals surface area contributed by atoms with Crippen molar-refractivity contribution >= 4 is 34.1 Å². The Labute approximate surface area is 144 Å². The predicted molar refractivity (Wildman–Crippen MR) is 94.5 cm³/mol. The Morgan fingerprint density at radius 3 is 2.88 bits per heavy atom. The fourth-order valence-electron chi connectivity index (χ4n) is 2.91. The number of anilines is 1. The highest BCUT2D eigenvalue weighted by molar-refractivity contribution is 6.30. The molecule has 1 atom stereocenters. The van der Waals surface area contributed by atoms with Gasteiger partial charge >= 0.3 is 0 Å². The smallest absolute Gasteiger partial charge is 0.268 e. The largest absolute Gasteiger partial charge is 0.479 e. The van der Waals surface area contributed by atoms with Crippen molar-refractivity contribution in [3.63, 3.8) is 0 Å². The summed E-state index contributed by atoms with van der Waals surface area (Å²) in [5.74, 6) is 0.537. The van der Waals surface area contributed by atoms with Crippen molar-refractivity contribution in [2.45, 2.75) is 19.6 Å². The van der Waals surface area contributed by atoms with Crippen LogP contribution in [0.2, 0.25) is 5.02 Å². The van der Waals surface area contributed by atoms with Gasteiger partial charge in [0.1, 0.15) is 5.75 Å². The second kappa shape index (κ2) is 5.80. The van der Waals surface area contributed by atoms with Gasteiger partial charge in [-0.25, -0.2) is 0 Å². The number of aromatic nitrogens is 1. The maximum absolute atomic E-state index is 12.6. The van der Waals surface area contributed by atoms with E-state index in [1.807, 2.05) is 42.5 Å². The Morgan fingerprint density at radius 1 is 1.17 bits per heavy atom. The van der Waals surface area contributed by atoms with E-state index in [1.54, 1.807) is 24.0 Å². The number of para-hydroxylation sites is 1. The summed E-state index contributed by atoms with van der Waals surface area (Å²) in [7, 11) is 0. The van der Waals surface area contributed by atoms with Crippen molar-refractivity contribution in [1.29, 1.82) is 0 Å². The van der Waals surface area contributed by atoms with Crippen LogP contribution >= 0.6 is 11.6 Å². The maximum atomic E-state index is 12.6. The van der Waals surface area contributed by atoms with Crippen molar-refractivity contribution in [1.82, 2.24) is 4.98 Å². The van der Waals surface area contributed by atoms with Crippen molar-refractivity contribution in [3.05, 3.63) is 65.3 Å². The molecule has 2 aromatic carbocycles. The van der Waals surface area contributed by atoms with E-state index in [9.17, 15) is 4.79 Å². The van der Waals surface area contributed by atoms with E-state index < -0.39 is 6.10 Å². The highest BCUT2D eigenvalue weighted by atomic mass is 35.5. The van der Waals surface area contributed by atoms with Crippen LogP contribution in [0, 0.1) is 0 Å². The highest BCUT2D eigenvalue weighted by Crippen LogP contribution is 2.36. The molecule has 1 aliphatic heterocycles. The van der Waals surface area contributed by atoms with Crippen LogP contribution in [0.5, 0.6) is 5.75 Å². The third-order valence-corrected chi connectivity index (χ3v) is 4.34. The number of fused-ring (bicyclic) bond motifs is 2. The SMILES string of the molecule is CC1Oc2cc(Cl)ccc2N(Cc2ccc3ccccc3n2)C1=O. The van der Waals surface area contributed by atoms with Crippen LogP contribution in [0.1, 0.15) is 12.6 Å². The van der Waals surface area contributed by atoms with E-state index in [0.29, 0.717) is 17.3 Å². The topological polar surface area (TPSA) is 42.4 Å². The monoisotopic (exact) mass is 338 g/mol. The fourth-order valence-corrected chi connectivity index (χ4v) is 3.07. The van der Waals surface area contributed by atoms with Gasteiger partial charge < -0.3 is 4.74 Å². The van der Waals surface area contributed by atoms with E-state index in [0.717, 1.165) is 22.3 Å². The predicted octanol–water partition coefficient (Wildman–Crippen LogP) is 4.20. The van der Waals surface area contributed by atoms with Crippen LogP contribution in [0.4, 0.5) is 5.69 Å². The molecule has 4 nitrogen and oxygen atoms in total. The zero-order valence-electron chi connectivity index (χ0n) is 13.1. The minimum Gasteiger partial charge on any atom is -0.479 e. The molecule has 24 heavy (non-hydrogen) atoms. The third-order valence-electron chi connectivity index (χ3n) is 4.11. The number of nitrogens with zero attached hydrogens (tertiary/aromatic N) is 2. The van der Waals surface area contributed by atoms with E-state index in [4.69, 9.17) is 16.3 Å². The average Bonchev–Trinajstić information content (AvgIpc) is 2.58. The molecule has 1 aromatic heterocycles. The lowest BCUT2D eigenvalue weighted by atomic mass is 10.1. The van der Waals surface area contributed by atoms with E-state index in [2.05, 4.69) is 4.98 Å². The van der Waals surface area contributed by atoms with E-state index >= 15 is 0 Å². The first-order valence-electron chi connectivity index (χ1n) is 7.74. The Kier molecular flexibility index (Phi) is 3.62. The summed E-state index contributed by atoms with van der Waals surface area (Å²) in [4.78, 5) is 18.9. The first kappa shape index (κ1) is 15.0. The average molecular weight is 339 g/mol. The Bertz CT molecular complexity index is 942. The lowest BCUT2D eigenvalue weighted by molar-refractivity contribution is -0.125. The maximum Gasteiger partial charge on any atom is 0.268 e. The number of carbonyl (C=O) groups excluding carboxylic acids is 1. The lowest BCUT2D eigenvalue weighted by Crippen LogP contribution is -2.44. The highest BCUT2D eigenvalue weighted by Gasteiger charge is 2.31. The standard InChI is InChI=1S/C19H15ClN2O2/c1-12-19(23)22(17-9-7-14(20)10-18(17)24-12)11-15-8-6-13-4-2-3-5-16(13)21-15/h2-10,12H,11H2,1H3. The zero-order chi connectivity index (χ0) is 16.7. The van der Waals surface area contributed by atoms with Crippen LogP contribution in [-0.4, -0.2) is 17.0 Å². The molecule has 0 saturated carbocycles. The Balaban J connectivity index is 1.73. The Morgan fingerprint density at radius 2 is 2.00 bits per heavy atom. The minimum atomic E-state index is -0.545. The molecular formula is C19H15ClN2O2. The van der Waals surface area contributed by atoms with Gasteiger partial charge in [-0.3, -0.25) is 14.7 Å². The molecule has 0 saturated heterocycles. The first-order valence-corrected chi connectivity index (χ1v) is 8.12. The van der Waals surface area contributed by atoms with Gasteiger partial charge in [-0.05, 0) is 31.2 Å². The summed E-state index contributed by atoms with van der Waals surface area (Å²) in [6.45, 7) is 2.14. The van der Waals surface area contributed by atoms with Crippen LogP contribution in [-0.2, 0) is 11.3 Å². The number of hydrogen-bond donors (Lipinski definition) is 0. The molecule has 5 heteroatoms. The van der Waals surface area contributed by atoms with Crippen LogP contribution in [0.3, 0.4) is 0 Å². The van der Waals surface area contributed by atoms with Gasteiger partial charge in [0.05, 0.1) is 23.4 Å². The number of ether oxygens (including phenoxy) is 1. The molecule has 0 radical (unpaired) electrons. The number of benzene rings is 2. The fraction of sp³-hybridized carbons (Fsp3) is 0.158. The number of amides is 1. The molecule has 4 rings (SSSR count). The van der Waals surface area contributed by atoms with Gasteiger partial charge in [-0.15, -0.1) is 0 Å². The van der Waals surface area contributed by atoms with Gasteiger partial charge in [-0.1, -0.05) is 35.9 Å². The molecule has 3 aromatic rings. The van der Waals surface area contributed by atoms with Gasteiger partial charge in [-0.2, -0.15) is 0 Å². The first-order chi connectivity index (χ1) is 11.6. The zero-order valence-corrected chi connectivity index (χ0v) is 13.8. The Hall–Kier alpha value is -2.59. The molecule has 1 amide bonds. The molecule has 1 aliphatic rings. The number of halogens is 1. The summed E-state index contributed by atoms with van der Waals surface area (Å²) in [5, 5.41) is 1.66. The molecule has 0 bridgehead atoms. The molecule has 0 fully saturated rings. The van der Waals surface area contributed by atoms with Gasteiger partial charge in [0.15, 0.2) is 6.10 Å². The number of rotatable bonds is 2. The molecule has 0 spiro atoms. The summed E-state index contributed by atoms with van der Waals surface area (Å²) < 4.78 is 5.67. The second-order valence-electron chi connectivity index (χ2n) is 5.79. The quantitative estimate of drug-likeness (QED) is 0.703. The van der Waals surface area contributed by atoms with E-state index in [1.165, 1.54) is 0 Å². The van der Waals surface area contributed by atoms with Gasteiger partial charge in [0.25, 0.3) is 5.91 Å². The lowest BCUT2D eigenvalue weighted by Gasteiger charge is -2.33. The number of carbonyl (C=O) groups is 1. The minimum absolute atomic E-state index is 0.0835. The van der Waals surface area contributed by atoms with Crippen molar-refractivity contribution in [2.75, 3.05) is 4.90 Å². The van der Waals surface area contributed by atoms with Crippen molar-refractivity contribution < 1.29 is 9.53 Å². The molecule has 0 aliphatic carbocycles. The van der Waals surface area contributed by atoms with Crippen LogP contribution in [0.15, 0.2) is 54.6 Å². The molecule has 1 unspecified atom stereocenters. The summed E-state index contributed by atoms with van der Waals surface area (Å²) in [6, 6.07) is 17.2. The van der Waals surface area contributed by atoms with Crippen molar-refractivity contribution in [3.8, 4) is 5.75 Å². The van der Waals surface area contributed by atoms with Gasteiger partial charge in [0.2, 0.25) is 0 Å². The van der Waals surface area contributed by atoms with E-state index in [-0.39, 0.29) is 5.91 Å². The summed E-state index contributed by atoms with van der Waals surface area (Å²) in [5.41, 5.74) is 2.47. The molecular weight excluding hydrogens is 324 g/mol. The van der Waals surface area contributed by atoms with Gasteiger partial charge in [0, 0.05) is 16.5 Å². The summed E-state index contributed by atoms with van der Waals surface area (Å²) >= 11 is 6.04. The van der Waals surface area contributed by atoms with Crippen LogP contribution in [0.25, 0.3) is 10.9 Å².